The molecular weight excluding hydrogens is 156 g/mol. The van der Waals surface area contributed by atoms with Crippen LogP contribution in [-0.4, -0.2) is 0 Å². The molecule has 0 fully saturated rings. The average molecular weight is 170 g/mol. The Labute approximate surface area is 79.6 Å². The highest BCUT2D eigenvalue weighted by Gasteiger charge is 2.07. The first kappa shape index (κ1) is 8.31. The lowest BCUT2D eigenvalue weighted by Crippen LogP contribution is -1.76. The van der Waals surface area contributed by atoms with Gasteiger partial charge in [-0.1, -0.05) is 35.9 Å². The van der Waals surface area contributed by atoms with Crippen molar-refractivity contribution in [1.82, 2.24) is 0 Å². The van der Waals surface area contributed by atoms with Crippen LogP contribution in [0.3, 0.4) is 0 Å². The first-order valence-corrected chi connectivity index (χ1v) is 4.65. The minimum Gasteiger partial charge on any atom is -0.0590 e. The molecule has 0 nitrogen and oxygen atoms in total. The third-order valence-corrected chi connectivity index (χ3v) is 2.57. The number of aryl methyl sites for hydroxylation is 3. The van der Waals surface area contributed by atoms with Gasteiger partial charge in [-0.3, -0.25) is 0 Å². The fraction of sp³-hybridized carbons (Fsp3) is 0.231. The van der Waals surface area contributed by atoms with Crippen LogP contribution in [-0.2, 0) is 0 Å². The zero-order valence-corrected chi connectivity index (χ0v) is 8.39. The van der Waals surface area contributed by atoms with E-state index in [-0.39, 0.29) is 0 Å². The minimum atomic E-state index is 1.32. The Hall–Kier alpha value is -1.30. The summed E-state index contributed by atoms with van der Waals surface area (Å²) < 4.78 is 0. The predicted octanol–water partition coefficient (Wildman–Crippen LogP) is 3.72. The monoisotopic (exact) mass is 170 g/mol. The second-order valence-electron chi connectivity index (χ2n) is 3.75. The summed E-state index contributed by atoms with van der Waals surface area (Å²) in [5, 5.41) is 0. The topological polar surface area (TPSA) is 0 Å². The molecule has 0 aromatic rings. The van der Waals surface area contributed by atoms with E-state index in [4.69, 9.17) is 0 Å². The molecule has 0 bridgehead atoms. The van der Waals surface area contributed by atoms with Crippen molar-refractivity contribution in [2.45, 2.75) is 20.8 Å². The molecule has 0 atom stereocenters. The van der Waals surface area contributed by atoms with E-state index >= 15 is 0 Å². The van der Waals surface area contributed by atoms with Gasteiger partial charge in [0, 0.05) is 0 Å². The van der Waals surface area contributed by atoms with E-state index in [1.54, 1.807) is 0 Å². The molecule has 0 unspecified atom stereocenters. The molecule has 0 heterocycles. The van der Waals surface area contributed by atoms with Crippen molar-refractivity contribution in [3.05, 3.63) is 47.0 Å². The Morgan fingerprint density at radius 3 is 2.08 bits per heavy atom. The van der Waals surface area contributed by atoms with Crippen LogP contribution < -0.4 is 0 Å². The number of fused-ring (bicyclic) bond motifs is 1. The Bertz CT molecular complexity index is 413. The van der Waals surface area contributed by atoms with Gasteiger partial charge in [0.2, 0.25) is 0 Å². The van der Waals surface area contributed by atoms with E-state index in [1.807, 2.05) is 0 Å². The van der Waals surface area contributed by atoms with Gasteiger partial charge >= 0.3 is 0 Å². The van der Waals surface area contributed by atoms with Crippen LogP contribution in [0.4, 0.5) is 0 Å². The van der Waals surface area contributed by atoms with Crippen molar-refractivity contribution in [3.63, 3.8) is 0 Å². The predicted molar refractivity (Wildman–Crippen MR) is 57.3 cm³/mol. The molecule has 0 N–H and O–H groups in total. The standard InChI is InChI=1S/C13H14/c1-9-4-5-10(2)13-11(3)6-7-12(13)8-9/h4-8H,1-3H3. The zero-order chi connectivity index (χ0) is 9.42. The van der Waals surface area contributed by atoms with Gasteiger partial charge in [-0.05, 0) is 43.0 Å². The molecule has 0 aliphatic heterocycles. The van der Waals surface area contributed by atoms with E-state index in [2.05, 4.69) is 51.1 Å². The fourth-order valence-corrected chi connectivity index (χ4v) is 1.90. The zero-order valence-electron chi connectivity index (χ0n) is 8.39. The summed E-state index contributed by atoms with van der Waals surface area (Å²) in [4.78, 5) is 0. The Morgan fingerprint density at radius 1 is 0.769 bits per heavy atom. The van der Waals surface area contributed by atoms with Crippen LogP contribution in [0.1, 0.15) is 16.7 Å². The van der Waals surface area contributed by atoms with Gasteiger partial charge in [-0.25, -0.2) is 0 Å². The smallest absolute Gasteiger partial charge is 0.0125 e. The molecule has 0 aromatic heterocycles. The van der Waals surface area contributed by atoms with E-state index in [1.165, 1.54) is 27.8 Å². The quantitative estimate of drug-likeness (QED) is 0.565. The van der Waals surface area contributed by atoms with Gasteiger partial charge in [0.15, 0.2) is 0 Å². The largest absolute Gasteiger partial charge is 0.0590 e. The van der Waals surface area contributed by atoms with Crippen LogP contribution in [0.2, 0.25) is 0 Å². The van der Waals surface area contributed by atoms with E-state index in [0.717, 1.165) is 0 Å². The molecule has 66 valence electrons. The van der Waals surface area contributed by atoms with Crippen molar-refractivity contribution in [3.8, 4) is 11.1 Å². The normalized spacial score (nSPS) is 10.7. The second kappa shape index (κ2) is 2.88. The molecular formula is C13H14. The van der Waals surface area contributed by atoms with Crippen LogP contribution in [0, 0.1) is 20.8 Å². The maximum atomic E-state index is 2.25. The Balaban J connectivity index is 2.82. The molecule has 0 heteroatoms. The van der Waals surface area contributed by atoms with Crippen molar-refractivity contribution >= 4 is 0 Å². The van der Waals surface area contributed by atoms with Gasteiger partial charge in [0.1, 0.15) is 0 Å². The van der Waals surface area contributed by atoms with E-state index < -0.39 is 0 Å². The third kappa shape index (κ3) is 1.33. The van der Waals surface area contributed by atoms with Gasteiger partial charge < -0.3 is 0 Å². The minimum absolute atomic E-state index is 1.32. The Morgan fingerprint density at radius 2 is 1.38 bits per heavy atom. The van der Waals surface area contributed by atoms with Gasteiger partial charge in [-0.15, -0.1) is 0 Å². The Kier molecular flexibility index (Phi) is 1.84. The van der Waals surface area contributed by atoms with E-state index in [9.17, 15) is 0 Å². The highest BCUT2D eigenvalue weighted by atomic mass is 14.1. The van der Waals surface area contributed by atoms with Crippen LogP contribution in [0.25, 0.3) is 11.1 Å². The average Bonchev–Trinajstić information content (AvgIpc) is 2.36. The van der Waals surface area contributed by atoms with Crippen LogP contribution in [0.15, 0.2) is 30.3 Å². The second-order valence-corrected chi connectivity index (χ2v) is 3.75. The van der Waals surface area contributed by atoms with Crippen LogP contribution >= 0.6 is 0 Å². The molecule has 0 saturated heterocycles. The number of rotatable bonds is 0. The molecule has 2 aliphatic rings. The molecule has 2 rings (SSSR count). The highest BCUT2D eigenvalue weighted by Crippen LogP contribution is 2.30. The molecule has 0 radical (unpaired) electrons. The summed E-state index contributed by atoms with van der Waals surface area (Å²) in [7, 11) is 0. The SMILES string of the molecule is Cc1ccc(C)c2c(C)ccc-2c1. The highest BCUT2D eigenvalue weighted by molar-refractivity contribution is 5.73. The summed E-state index contributed by atoms with van der Waals surface area (Å²) in [5.41, 5.74) is 6.84. The molecule has 13 heavy (non-hydrogen) atoms. The fourth-order valence-electron chi connectivity index (χ4n) is 1.90. The maximum Gasteiger partial charge on any atom is -0.0125 e. The van der Waals surface area contributed by atoms with Crippen LogP contribution in [0.5, 0.6) is 0 Å². The lowest BCUT2D eigenvalue weighted by Gasteiger charge is -1.98. The van der Waals surface area contributed by atoms with Crippen molar-refractivity contribution in [2.75, 3.05) is 0 Å². The number of hydrogen-bond donors (Lipinski definition) is 0. The summed E-state index contributed by atoms with van der Waals surface area (Å²) in [6, 6.07) is 11.0. The summed E-state index contributed by atoms with van der Waals surface area (Å²) in [5.74, 6) is 0. The first-order chi connectivity index (χ1) is 6.18. The molecule has 2 aliphatic carbocycles. The lowest BCUT2D eigenvalue weighted by atomic mass is 10.1. The van der Waals surface area contributed by atoms with Crippen molar-refractivity contribution in [2.24, 2.45) is 0 Å². The lowest BCUT2D eigenvalue weighted by molar-refractivity contribution is 1.45. The summed E-state index contributed by atoms with van der Waals surface area (Å²) in [6.45, 7) is 6.49. The molecule has 0 saturated carbocycles. The van der Waals surface area contributed by atoms with Gasteiger partial charge in [-0.2, -0.15) is 0 Å². The van der Waals surface area contributed by atoms with Crippen molar-refractivity contribution < 1.29 is 0 Å². The van der Waals surface area contributed by atoms with Gasteiger partial charge in [0.05, 0.1) is 0 Å². The molecule has 0 aromatic carbocycles. The third-order valence-electron chi connectivity index (χ3n) is 2.57. The first-order valence-electron chi connectivity index (χ1n) is 4.65. The summed E-state index contributed by atoms with van der Waals surface area (Å²) >= 11 is 0. The molecule has 0 spiro atoms. The van der Waals surface area contributed by atoms with Crippen molar-refractivity contribution in [1.29, 1.82) is 0 Å². The maximum absolute atomic E-state index is 2.25. The van der Waals surface area contributed by atoms with Gasteiger partial charge in [0.25, 0.3) is 0 Å². The molecule has 0 amide bonds. The number of hydrogen-bond acceptors (Lipinski definition) is 0. The van der Waals surface area contributed by atoms with E-state index in [0.29, 0.717) is 0 Å². The summed E-state index contributed by atoms with van der Waals surface area (Å²) in [6.07, 6.45) is 0.